The molecule has 0 saturated heterocycles. The SMILES string of the molecule is c1ccc2c(-n3cncn3)n[nH]c2c1. The van der Waals surface area contributed by atoms with Gasteiger partial charge >= 0.3 is 0 Å². The third kappa shape index (κ3) is 0.922. The van der Waals surface area contributed by atoms with Crippen molar-refractivity contribution in [1.82, 2.24) is 25.0 Å². The van der Waals surface area contributed by atoms with Gasteiger partial charge in [-0.3, -0.25) is 5.10 Å². The van der Waals surface area contributed by atoms with Gasteiger partial charge in [0.2, 0.25) is 0 Å². The lowest BCUT2D eigenvalue weighted by Gasteiger charge is -1.93. The Morgan fingerprint density at radius 2 is 2.14 bits per heavy atom. The molecule has 1 aromatic carbocycles. The van der Waals surface area contributed by atoms with Crippen molar-refractivity contribution in [2.24, 2.45) is 0 Å². The zero-order valence-corrected chi connectivity index (χ0v) is 7.25. The summed E-state index contributed by atoms with van der Waals surface area (Å²) in [6.45, 7) is 0. The molecule has 3 rings (SSSR count). The van der Waals surface area contributed by atoms with E-state index < -0.39 is 0 Å². The van der Waals surface area contributed by atoms with Crippen LogP contribution in [0.2, 0.25) is 0 Å². The molecule has 0 fully saturated rings. The molecule has 68 valence electrons. The largest absolute Gasteiger partial charge is 0.276 e. The van der Waals surface area contributed by atoms with Crippen molar-refractivity contribution < 1.29 is 0 Å². The first-order valence-corrected chi connectivity index (χ1v) is 4.23. The van der Waals surface area contributed by atoms with E-state index in [-0.39, 0.29) is 0 Å². The van der Waals surface area contributed by atoms with Crippen LogP contribution >= 0.6 is 0 Å². The molecule has 5 heteroatoms. The molecule has 0 unspecified atom stereocenters. The lowest BCUT2D eigenvalue weighted by Crippen LogP contribution is -1.94. The van der Waals surface area contributed by atoms with Crippen LogP contribution in [0.25, 0.3) is 16.7 Å². The zero-order valence-electron chi connectivity index (χ0n) is 7.25. The van der Waals surface area contributed by atoms with Gasteiger partial charge < -0.3 is 0 Å². The highest BCUT2D eigenvalue weighted by Gasteiger charge is 2.06. The average molecular weight is 185 g/mol. The predicted molar refractivity (Wildman–Crippen MR) is 51.0 cm³/mol. The van der Waals surface area contributed by atoms with E-state index in [1.54, 1.807) is 11.0 Å². The van der Waals surface area contributed by atoms with Gasteiger partial charge in [0.1, 0.15) is 12.7 Å². The maximum absolute atomic E-state index is 4.17. The number of benzene rings is 1. The minimum atomic E-state index is 0.776. The van der Waals surface area contributed by atoms with Crippen molar-refractivity contribution in [3.05, 3.63) is 36.9 Å². The first kappa shape index (κ1) is 7.25. The summed E-state index contributed by atoms with van der Waals surface area (Å²) in [4.78, 5) is 3.88. The normalized spacial score (nSPS) is 10.9. The fourth-order valence-electron chi connectivity index (χ4n) is 1.44. The number of nitrogens with zero attached hydrogens (tertiary/aromatic N) is 4. The molecule has 14 heavy (non-hydrogen) atoms. The van der Waals surface area contributed by atoms with Gasteiger partial charge in [-0.25, -0.2) is 9.67 Å². The summed E-state index contributed by atoms with van der Waals surface area (Å²) in [6, 6.07) is 7.91. The van der Waals surface area contributed by atoms with Gasteiger partial charge in [-0.2, -0.15) is 10.2 Å². The first-order valence-electron chi connectivity index (χ1n) is 4.23. The van der Waals surface area contributed by atoms with Crippen LogP contribution in [0.4, 0.5) is 0 Å². The smallest absolute Gasteiger partial charge is 0.184 e. The summed E-state index contributed by atoms with van der Waals surface area (Å²) in [5, 5.41) is 12.2. The van der Waals surface area contributed by atoms with Gasteiger partial charge in [0, 0.05) is 5.39 Å². The summed E-state index contributed by atoms with van der Waals surface area (Å²) in [5.41, 5.74) is 0.998. The summed E-state index contributed by atoms with van der Waals surface area (Å²) in [5.74, 6) is 0.776. The van der Waals surface area contributed by atoms with E-state index in [2.05, 4.69) is 20.3 Å². The average Bonchev–Trinajstić information content (AvgIpc) is 2.85. The molecule has 0 radical (unpaired) electrons. The molecule has 0 amide bonds. The summed E-state index contributed by atoms with van der Waals surface area (Å²) in [6.07, 6.45) is 3.12. The summed E-state index contributed by atoms with van der Waals surface area (Å²) in [7, 11) is 0. The van der Waals surface area contributed by atoms with Crippen LogP contribution in [0.3, 0.4) is 0 Å². The van der Waals surface area contributed by atoms with E-state index in [1.165, 1.54) is 6.33 Å². The summed E-state index contributed by atoms with van der Waals surface area (Å²) >= 11 is 0. The third-order valence-electron chi connectivity index (χ3n) is 2.09. The Hall–Kier alpha value is -2.17. The first-order chi connectivity index (χ1) is 6.95. The topological polar surface area (TPSA) is 59.4 Å². The molecule has 0 aliphatic rings. The minimum absolute atomic E-state index is 0.776. The van der Waals surface area contributed by atoms with E-state index in [0.29, 0.717) is 0 Å². The number of aromatic nitrogens is 5. The van der Waals surface area contributed by atoms with Gasteiger partial charge in [0.25, 0.3) is 0 Å². The van der Waals surface area contributed by atoms with Crippen molar-refractivity contribution in [2.75, 3.05) is 0 Å². The number of para-hydroxylation sites is 1. The second kappa shape index (κ2) is 2.66. The van der Waals surface area contributed by atoms with Crippen LogP contribution in [0.5, 0.6) is 0 Å². The van der Waals surface area contributed by atoms with E-state index >= 15 is 0 Å². The number of H-pyrrole nitrogens is 1. The number of fused-ring (bicyclic) bond motifs is 1. The van der Waals surface area contributed by atoms with E-state index in [1.807, 2.05) is 24.3 Å². The predicted octanol–water partition coefficient (Wildman–Crippen LogP) is 1.14. The number of aromatic amines is 1. The standard InChI is InChI=1S/C9H7N5/c1-2-4-8-7(3-1)9(13-12-8)14-6-10-5-11-14/h1-6H,(H,12,13). The fraction of sp³-hybridized carbons (Fsp3) is 0. The summed E-state index contributed by atoms with van der Waals surface area (Å²) < 4.78 is 1.64. The van der Waals surface area contributed by atoms with Gasteiger partial charge in [-0.15, -0.1) is 0 Å². The Kier molecular flexibility index (Phi) is 1.38. The van der Waals surface area contributed by atoms with Crippen molar-refractivity contribution in [3.8, 4) is 5.82 Å². The molecule has 0 saturated carbocycles. The Balaban J connectivity index is 2.33. The lowest BCUT2D eigenvalue weighted by molar-refractivity contribution is 0.840. The molecule has 0 spiro atoms. The van der Waals surface area contributed by atoms with Gasteiger partial charge in [0.15, 0.2) is 5.82 Å². The molecule has 0 aliphatic heterocycles. The Labute approximate surface area is 79.4 Å². The molecule has 3 aromatic rings. The van der Waals surface area contributed by atoms with Gasteiger partial charge in [-0.05, 0) is 12.1 Å². The fourth-order valence-corrected chi connectivity index (χ4v) is 1.44. The second-order valence-corrected chi connectivity index (χ2v) is 2.93. The highest BCUT2D eigenvalue weighted by atomic mass is 15.4. The number of rotatable bonds is 1. The van der Waals surface area contributed by atoms with Gasteiger partial charge in [-0.1, -0.05) is 12.1 Å². The van der Waals surface area contributed by atoms with Crippen LogP contribution in [0, 0.1) is 0 Å². The van der Waals surface area contributed by atoms with Crippen molar-refractivity contribution in [2.45, 2.75) is 0 Å². The lowest BCUT2D eigenvalue weighted by atomic mass is 10.2. The molecular formula is C9H7N5. The second-order valence-electron chi connectivity index (χ2n) is 2.93. The molecule has 2 heterocycles. The molecule has 0 atom stereocenters. The zero-order chi connectivity index (χ0) is 9.38. The van der Waals surface area contributed by atoms with Crippen LogP contribution in [0.1, 0.15) is 0 Å². The van der Waals surface area contributed by atoms with Crippen LogP contribution in [0.15, 0.2) is 36.9 Å². The molecule has 0 bridgehead atoms. The van der Waals surface area contributed by atoms with Crippen molar-refractivity contribution in [3.63, 3.8) is 0 Å². The van der Waals surface area contributed by atoms with Crippen molar-refractivity contribution in [1.29, 1.82) is 0 Å². The maximum atomic E-state index is 4.17. The quantitative estimate of drug-likeness (QED) is 0.618. The van der Waals surface area contributed by atoms with E-state index in [9.17, 15) is 0 Å². The van der Waals surface area contributed by atoms with Crippen molar-refractivity contribution >= 4 is 10.9 Å². The van der Waals surface area contributed by atoms with Crippen LogP contribution in [-0.4, -0.2) is 25.0 Å². The number of hydrogen-bond acceptors (Lipinski definition) is 3. The number of nitrogens with one attached hydrogen (secondary N) is 1. The monoisotopic (exact) mass is 185 g/mol. The van der Waals surface area contributed by atoms with E-state index in [0.717, 1.165) is 16.7 Å². The molecule has 5 nitrogen and oxygen atoms in total. The maximum Gasteiger partial charge on any atom is 0.184 e. The third-order valence-corrected chi connectivity index (χ3v) is 2.09. The Bertz CT molecular complexity index is 551. The highest BCUT2D eigenvalue weighted by molar-refractivity contribution is 5.85. The Morgan fingerprint density at radius 3 is 3.00 bits per heavy atom. The molecular weight excluding hydrogens is 178 g/mol. The minimum Gasteiger partial charge on any atom is -0.276 e. The van der Waals surface area contributed by atoms with E-state index in [4.69, 9.17) is 0 Å². The van der Waals surface area contributed by atoms with Crippen LogP contribution in [-0.2, 0) is 0 Å². The van der Waals surface area contributed by atoms with Crippen LogP contribution < -0.4 is 0 Å². The molecule has 0 aliphatic carbocycles. The molecule has 2 aromatic heterocycles. The van der Waals surface area contributed by atoms with Gasteiger partial charge in [0.05, 0.1) is 5.52 Å². The number of hydrogen-bond donors (Lipinski definition) is 1. The Morgan fingerprint density at radius 1 is 1.21 bits per heavy atom. The highest BCUT2D eigenvalue weighted by Crippen LogP contribution is 2.17. The molecule has 1 N–H and O–H groups in total.